The summed E-state index contributed by atoms with van der Waals surface area (Å²) >= 11 is 0. The first-order valence-corrected chi connectivity index (χ1v) is 8.50. The zero-order chi connectivity index (χ0) is 17.8. The molecule has 0 fully saturated rings. The first kappa shape index (κ1) is 19.5. The molecule has 0 aromatic heterocycles. The lowest BCUT2D eigenvalue weighted by Gasteiger charge is -2.34. The highest BCUT2D eigenvalue weighted by Gasteiger charge is 2.30. The third kappa shape index (κ3) is 6.25. The summed E-state index contributed by atoms with van der Waals surface area (Å²) in [5, 5.41) is 3.15. The van der Waals surface area contributed by atoms with Crippen LogP contribution >= 0.6 is 0 Å². The van der Waals surface area contributed by atoms with Gasteiger partial charge < -0.3 is 10.1 Å². The van der Waals surface area contributed by atoms with Crippen LogP contribution in [-0.2, 0) is 4.79 Å². The molecular weight excluding hydrogens is 286 g/mol. The van der Waals surface area contributed by atoms with E-state index in [1.807, 2.05) is 26.0 Å². The topological polar surface area (TPSA) is 38.3 Å². The second kappa shape index (κ2) is 7.37. The standard InChI is InChI=1S/C20H33NO2/c1-9-16(23-17-12-10-11-14(2)15(17)3)18(22)21-20(7,8)13-19(4,5)6/h10-12,16H,9,13H2,1-8H3,(H,21,22)/t16-/m1/s1. The van der Waals surface area contributed by atoms with Gasteiger partial charge in [0, 0.05) is 5.54 Å². The van der Waals surface area contributed by atoms with E-state index < -0.39 is 6.10 Å². The Hall–Kier alpha value is -1.51. The van der Waals surface area contributed by atoms with Crippen molar-refractivity contribution in [3.63, 3.8) is 0 Å². The highest BCUT2D eigenvalue weighted by Crippen LogP contribution is 2.27. The summed E-state index contributed by atoms with van der Waals surface area (Å²) in [6.45, 7) is 16.8. The first-order chi connectivity index (χ1) is 10.4. The van der Waals surface area contributed by atoms with Crippen LogP contribution in [0.1, 0.15) is 65.5 Å². The molecule has 0 heterocycles. The van der Waals surface area contributed by atoms with Gasteiger partial charge in [0.1, 0.15) is 5.75 Å². The SMILES string of the molecule is CC[C@@H](Oc1cccc(C)c1C)C(=O)NC(C)(C)CC(C)(C)C. The fourth-order valence-electron chi connectivity index (χ4n) is 3.11. The van der Waals surface area contributed by atoms with Gasteiger partial charge in [-0.05, 0) is 63.1 Å². The normalized spacial score (nSPS) is 13.6. The van der Waals surface area contributed by atoms with E-state index in [1.54, 1.807) is 0 Å². The second-order valence-corrected chi connectivity index (χ2v) is 8.32. The Balaban J connectivity index is 2.81. The van der Waals surface area contributed by atoms with Crippen molar-refractivity contribution in [1.82, 2.24) is 5.32 Å². The Morgan fingerprint density at radius 2 is 1.78 bits per heavy atom. The molecule has 3 heteroatoms. The number of benzene rings is 1. The van der Waals surface area contributed by atoms with Crippen molar-refractivity contribution < 1.29 is 9.53 Å². The zero-order valence-electron chi connectivity index (χ0n) is 16.0. The van der Waals surface area contributed by atoms with Gasteiger partial charge >= 0.3 is 0 Å². The van der Waals surface area contributed by atoms with E-state index in [-0.39, 0.29) is 16.9 Å². The average molecular weight is 319 g/mol. The first-order valence-electron chi connectivity index (χ1n) is 8.50. The largest absolute Gasteiger partial charge is 0.480 e. The van der Waals surface area contributed by atoms with E-state index in [1.165, 1.54) is 5.56 Å². The molecule has 1 N–H and O–H groups in total. The number of hydrogen-bond donors (Lipinski definition) is 1. The van der Waals surface area contributed by atoms with Crippen LogP contribution in [0, 0.1) is 19.3 Å². The lowest BCUT2D eigenvalue weighted by Crippen LogP contribution is -2.50. The Morgan fingerprint density at radius 1 is 1.17 bits per heavy atom. The van der Waals surface area contributed by atoms with Crippen molar-refractivity contribution in [1.29, 1.82) is 0 Å². The van der Waals surface area contributed by atoms with Crippen molar-refractivity contribution in [2.24, 2.45) is 5.41 Å². The van der Waals surface area contributed by atoms with Crippen LogP contribution in [-0.4, -0.2) is 17.6 Å². The third-order valence-electron chi connectivity index (χ3n) is 3.92. The monoisotopic (exact) mass is 319 g/mol. The summed E-state index contributed by atoms with van der Waals surface area (Å²) in [7, 11) is 0. The number of aryl methyl sites for hydroxylation is 1. The quantitative estimate of drug-likeness (QED) is 0.818. The number of amides is 1. The summed E-state index contributed by atoms with van der Waals surface area (Å²) in [4.78, 5) is 12.6. The maximum atomic E-state index is 12.6. The van der Waals surface area contributed by atoms with E-state index >= 15 is 0 Å². The maximum absolute atomic E-state index is 12.6. The van der Waals surface area contributed by atoms with Gasteiger partial charge in [0.2, 0.25) is 0 Å². The van der Waals surface area contributed by atoms with Gasteiger partial charge in [-0.1, -0.05) is 39.8 Å². The smallest absolute Gasteiger partial charge is 0.261 e. The van der Waals surface area contributed by atoms with Crippen molar-refractivity contribution in [3.05, 3.63) is 29.3 Å². The predicted octanol–water partition coefficient (Wildman–Crippen LogP) is 4.79. The average Bonchev–Trinajstić information content (AvgIpc) is 2.36. The van der Waals surface area contributed by atoms with Crippen LogP contribution in [0.25, 0.3) is 0 Å². The van der Waals surface area contributed by atoms with Crippen LogP contribution in [0.4, 0.5) is 0 Å². The molecule has 0 spiro atoms. The Bertz CT molecular complexity index is 541. The second-order valence-electron chi connectivity index (χ2n) is 8.32. The lowest BCUT2D eigenvalue weighted by molar-refractivity contribution is -0.130. The summed E-state index contributed by atoms with van der Waals surface area (Å²) in [6, 6.07) is 5.94. The van der Waals surface area contributed by atoms with Crippen LogP contribution in [0.2, 0.25) is 0 Å². The van der Waals surface area contributed by atoms with Crippen molar-refractivity contribution in [2.45, 2.75) is 79.9 Å². The van der Waals surface area contributed by atoms with E-state index in [2.05, 4.69) is 52.9 Å². The molecule has 0 unspecified atom stereocenters. The zero-order valence-corrected chi connectivity index (χ0v) is 16.0. The molecule has 0 aliphatic rings. The highest BCUT2D eigenvalue weighted by molar-refractivity contribution is 5.81. The number of ether oxygens (including phenoxy) is 1. The molecule has 1 atom stereocenters. The van der Waals surface area contributed by atoms with Gasteiger partial charge in [0.15, 0.2) is 6.10 Å². The summed E-state index contributed by atoms with van der Waals surface area (Å²) in [5.41, 5.74) is 2.17. The number of rotatable bonds is 6. The van der Waals surface area contributed by atoms with E-state index in [4.69, 9.17) is 4.74 Å². The van der Waals surface area contributed by atoms with Gasteiger partial charge in [0.25, 0.3) is 5.91 Å². The summed E-state index contributed by atoms with van der Waals surface area (Å²) in [5.74, 6) is 0.753. The minimum Gasteiger partial charge on any atom is -0.480 e. The van der Waals surface area contributed by atoms with Gasteiger partial charge in [-0.15, -0.1) is 0 Å². The summed E-state index contributed by atoms with van der Waals surface area (Å²) < 4.78 is 6.00. The van der Waals surface area contributed by atoms with Crippen LogP contribution in [0.15, 0.2) is 18.2 Å². The molecule has 0 saturated carbocycles. The molecule has 0 radical (unpaired) electrons. The van der Waals surface area contributed by atoms with E-state index in [0.717, 1.165) is 17.7 Å². The molecule has 1 rings (SSSR count). The predicted molar refractivity (Wildman–Crippen MR) is 96.9 cm³/mol. The van der Waals surface area contributed by atoms with Crippen LogP contribution in [0.3, 0.4) is 0 Å². The maximum Gasteiger partial charge on any atom is 0.261 e. The molecule has 1 aromatic carbocycles. The molecule has 0 aliphatic carbocycles. The molecule has 1 aromatic rings. The number of carbonyl (C=O) groups excluding carboxylic acids is 1. The highest BCUT2D eigenvalue weighted by atomic mass is 16.5. The fraction of sp³-hybridized carbons (Fsp3) is 0.650. The molecule has 1 amide bonds. The van der Waals surface area contributed by atoms with Gasteiger partial charge in [-0.25, -0.2) is 0 Å². The Kier molecular flexibility index (Phi) is 6.26. The van der Waals surface area contributed by atoms with E-state index in [9.17, 15) is 4.79 Å². The Labute approximate surface area is 141 Å². The van der Waals surface area contributed by atoms with Crippen molar-refractivity contribution >= 4 is 5.91 Å². The van der Waals surface area contributed by atoms with E-state index in [0.29, 0.717) is 6.42 Å². The molecule has 0 saturated heterocycles. The molecule has 3 nitrogen and oxygen atoms in total. The summed E-state index contributed by atoms with van der Waals surface area (Å²) in [6.07, 6.45) is 1.09. The molecule has 130 valence electrons. The van der Waals surface area contributed by atoms with Gasteiger partial charge in [-0.2, -0.15) is 0 Å². The van der Waals surface area contributed by atoms with Gasteiger partial charge in [0.05, 0.1) is 0 Å². The van der Waals surface area contributed by atoms with Crippen LogP contribution in [0.5, 0.6) is 5.75 Å². The molecule has 0 bridgehead atoms. The number of nitrogens with one attached hydrogen (secondary N) is 1. The molecular formula is C20H33NO2. The lowest BCUT2D eigenvalue weighted by atomic mass is 9.81. The minimum absolute atomic E-state index is 0.0392. The van der Waals surface area contributed by atoms with Crippen molar-refractivity contribution in [2.75, 3.05) is 0 Å². The van der Waals surface area contributed by atoms with Crippen LogP contribution < -0.4 is 10.1 Å². The third-order valence-corrected chi connectivity index (χ3v) is 3.92. The Morgan fingerprint density at radius 3 is 2.30 bits per heavy atom. The van der Waals surface area contributed by atoms with Crippen molar-refractivity contribution in [3.8, 4) is 5.75 Å². The number of hydrogen-bond acceptors (Lipinski definition) is 2. The van der Waals surface area contributed by atoms with Gasteiger partial charge in [-0.3, -0.25) is 4.79 Å². The minimum atomic E-state index is -0.463. The number of carbonyl (C=O) groups is 1. The molecule has 23 heavy (non-hydrogen) atoms. The fourth-order valence-corrected chi connectivity index (χ4v) is 3.11. The molecule has 0 aliphatic heterocycles.